The first kappa shape index (κ1) is 23.9. The number of hydrogen-bond donors (Lipinski definition) is 4. The molecule has 0 heterocycles. The Morgan fingerprint density at radius 1 is 0.806 bits per heavy atom. The molecule has 8 nitrogen and oxygen atoms in total. The monoisotopic (exact) mass is 426 g/mol. The fourth-order valence-electron chi connectivity index (χ4n) is 2.68. The number of amides is 3. The first-order valence-corrected chi connectivity index (χ1v) is 10.3. The van der Waals surface area contributed by atoms with E-state index in [2.05, 4.69) is 28.2 Å². The third-order valence-corrected chi connectivity index (χ3v) is 4.44. The van der Waals surface area contributed by atoms with E-state index in [1.165, 1.54) is 0 Å². The number of benzene rings is 2. The zero-order valence-electron chi connectivity index (χ0n) is 18.0. The molecule has 8 heteroatoms. The maximum Gasteiger partial charge on any atom is 0.251 e. The average Bonchev–Trinajstić information content (AvgIpc) is 2.78. The summed E-state index contributed by atoms with van der Waals surface area (Å²) < 4.78 is 4.90. The molecule has 31 heavy (non-hydrogen) atoms. The van der Waals surface area contributed by atoms with Crippen LogP contribution < -0.4 is 21.3 Å². The molecule has 0 saturated carbocycles. The minimum atomic E-state index is -0.221. The van der Waals surface area contributed by atoms with E-state index in [0.717, 1.165) is 18.5 Å². The molecule has 0 spiro atoms. The van der Waals surface area contributed by atoms with Crippen molar-refractivity contribution in [1.82, 2.24) is 10.6 Å². The first-order chi connectivity index (χ1) is 15.0. The van der Waals surface area contributed by atoms with Crippen LogP contribution in [0.3, 0.4) is 0 Å². The Kier molecular flexibility index (Phi) is 10.0. The number of carbonyl (C=O) groups excluding carboxylic acids is 3. The first-order valence-electron chi connectivity index (χ1n) is 10.3. The molecule has 0 aliphatic heterocycles. The second-order valence-corrected chi connectivity index (χ2v) is 6.91. The van der Waals surface area contributed by atoms with Crippen molar-refractivity contribution >= 4 is 29.1 Å². The summed E-state index contributed by atoms with van der Waals surface area (Å²) in [5, 5.41) is 11.4. The van der Waals surface area contributed by atoms with Crippen molar-refractivity contribution in [3.63, 3.8) is 0 Å². The van der Waals surface area contributed by atoms with Crippen LogP contribution >= 0.6 is 0 Å². The molecular formula is C23H30N4O4. The molecule has 4 N–H and O–H groups in total. The van der Waals surface area contributed by atoms with E-state index in [4.69, 9.17) is 4.74 Å². The molecule has 2 rings (SSSR count). The van der Waals surface area contributed by atoms with Gasteiger partial charge in [-0.2, -0.15) is 0 Å². The van der Waals surface area contributed by atoms with Crippen LogP contribution in [0.15, 0.2) is 48.5 Å². The second-order valence-electron chi connectivity index (χ2n) is 6.91. The van der Waals surface area contributed by atoms with Gasteiger partial charge in [-0.25, -0.2) is 0 Å². The highest BCUT2D eigenvalue weighted by Gasteiger charge is 2.08. The van der Waals surface area contributed by atoms with Crippen molar-refractivity contribution in [2.45, 2.75) is 19.8 Å². The van der Waals surface area contributed by atoms with Gasteiger partial charge in [-0.05, 0) is 55.0 Å². The molecule has 0 atom stereocenters. The zero-order chi connectivity index (χ0) is 22.5. The summed E-state index contributed by atoms with van der Waals surface area (Å²) in [5.41, 5.74) is 2.42. The van der Waals surface area contributed by atoms with Crippen molar-refractivity contribution < 1.29 is 19.1 Å². The van der Waals surface area contributed by atoms with Crippen LogP contribution in [0.1, 0.15) is 40.5 Å². The van der Waals surface area contributed by atoms with Gasteiger partial charge >= 0.3 is 0 Å². The van der Waals surface area contributed by atoms with Crippen LogP contribution in [-0.4, -0.2) is 51.1 Å². The summed E-state index contributed by atoms with van der Waals surface area (Å²) in [6.45, 7) is 3.69. The summed E-state index contributed by atoms with van der Waals surface area (Å²) in [7, 11) is 1.58. The smallest absolute Gasteiger partial charge is 0.251 e. The average molecular weight is 427 g/mol. The van der Waals surface area contributed by atoms with Gasteiger partial charge in [-0.1, -0.05) is 13.3 Å². The summed E-state index contributed by atoms with van der Waals surface area (Å²) in [5.74, 6) is -0.519. The molecule has 3 amide bonds. The number of anilines is 2. The highest BCUT2D eigenvalue weighted by Crippen LogP contribution is 2.11. The molecule has 0 aromatic heterocycles. The Balaban J connectivity index is 1.77. The molecule has 0 aliphatic rings. The van der Waals surface area contributed by atoms with Gasteiger partial charge in [0.05, 0.1) is 13.2 Å². The maximum absolute atomic E-state index is 12.2. The molecule has 0 saturated heterocycles. The van der Waals surface area contributed by atoms with E-state index in [1.807, 2.05) is 0 Å². The number of carbonyl (C=O) groups is 3. The van der Waals surface area contributed by atoms with Crippen LogP contribution in [0.2, 0.25) is 0 Å². The van der Waals surface area contributed by atoms with Crippen LogP contribution in [0.5, 0.6) is 0 Å². The van der Waals surface area contributed by atoms with Crippen LogP contribution in [0.25, 0.3) is 0 Å². The molecule has 2 aromatic carbocycles. The standard InChI is InChI=1S/C23H30N4O4/c1-3-4-13-24-22(29)18-7-11-20(12-8-18)27-21(28)16-26-19-9-5-17(6-10-19)23(30)25-14-15-31-2/h5-12,26H,3-4,13-16H2,1-2H3,(H,24,29)(H,25,30)(H,27,28). The van der Waals surface area contributed by atoms with E-state index in [-0.39, 0.29) is 24.3 Å². The fourth-order valence-corrected chi connectivity index (χ4v) is 2.68. The third kappa shape index (κ3) is 8.47. The van der Waals surface area contributed by atoms with Crippen LogP contribution in [0.4, 0.5) is 11.4 Å². The predicted molar refractivity (Wildman–Crippen MR) is 121 cm³/mol. The molecule has 166 valence electrons. The van der Waals surface area contributed by atoms with Crippen molar-refractivity contribution in [1.29, 1.82) is 0 Å². The lowest BCUT2D eigenvalue weighted by Crippen LogP contribution is -2.26. The Morgan fingerprint density at radius 3 is 1.90 bits per heavy atom. The number of unbranched alkanes of at least 4 members (excludes halogenated alkanes) is 1. The molecular weight excluding hydrogens is 396 g/mol. The van der Waals surface area contributed by atoms with Crippen LogP contribution in [0, 0.1) is 0 Å². The molecule has 0 fully saturated rings. The lowest BCUT2D eigenvalue weighted by Gasteiger charge is -2.10. The predicted octanol–water partition coefficient (Wildman–Crippen LogP) is 2.64. The van der Waals surface area contributed by atoms with Crippen molar-refractivity contribution in [2.24, 2.45) is 0 Å². The Morgan fingerprint density at radius 2 is 1.35 bits per heavy atom. The molecule has 0 bridgehead atoms. The number of rotatable bonds is 12. The SMILES string of the molecule is CCCCNC(=O)c1ccc(NC(=O)CNc2ccc(C(=O)NCCOC)cc2)cc1. The van der Waals surface area contributed by atoms with Crippen LogP contribution in [-0.2, 0) is 9.53 Å². The Bertz CT molecular complexity index is 851. The molecule has 0 radical (unpaired) electrons. The quantitative estimate of drug-likeness (QED) is 0.390. The van der Waals surface area contributed by atoms with Gasteiger partial charge < -0.3 is 26.0 Å². The number of methoxy groups -OCH3 is 1. The zero-order valence-corrected chi connectivity index (χ0v) is 18.0. The largest absolute Gasteiger partial charge is 0.383 e. The van der Waals surface area contributed by atoms with Gasteiger partial charge in [-0.15, -0.1) is 0 Å². The number of ether oxygens (including phenoxy) is 1. The van der Waals surface area contributed by atoms with Gasteiger partial charge in [0, 0.05) is 42.7 Å². The highest BCUT2D eigenvalue weighted by atomic mass is 16.5. The molecule has 2 aromatic rings. The van der Waals surface area contributed by atoms with Crippen molar-refractivity contribution in [3.05, 3.63) is 59.7 Å². The highest BCUT2D eigenvalue weighted by molar-refractivity contribution is 5.97. The lowest BCUT2D eigenvalue weighted by atomic mass is 10.2. The van der Waals surface area contributed by atoms with Gasteiger partial charge in [0.15, 0.2) is 0 Å². The Hall–Kier alpha value is -3.39. The number of nitrogens with one attached hydrogen (secondary N) is 4. The molecule has 0 aliphatic carbocycles. The minimum absolute atomic E-state index is 0.0681. The Labute approximate surface area is 182 Å². The van der Waals surface area contributed by atoms with Gasteiger partial charge in [0.2, 0.25) is 5.91 Å². The van der Waals surface area contributed by atoms with Gasteiger partial charge in [0.25, 0.3) is 11.8 Å². The summed E-state index contributed by atoms with van der Waals surface area (Å²) in [6.07, 6.45) is 1.96. The summed E-state index contributed by atoms with van der Waals surface area (Å²) >= 11 is 0. The summed E-state index contributed by atoms with van der Waals surface area (Å²) in [4.78, 5) is 36.1. The maximum atomic E-state index is 12.2. The van der Waals surface area contributed by atoms with E-state index in [9.17, 15) is 14.4 Å². The minimum Gasteiger partial charge on any atom is -0.383 e. The van der Waals surface area contributed by atoms with Crippen molar-refractivity contribution in [3.8, 4) is 0 Å². The fraction of sp³-hybridized carbons (Fsp3) is 0.348. The molecule has 0 unspecified atom stereocenters. The number of hydrogen-bond acceptors (Lipinski definition) is 5. The van der Waals surface area contributed by atoms with E-state index >= 15 is 0 Å². The normalized spacial score (nSPS) is 10.3. The van der Waals surface area contributed by atoms with E-state index in [1.54, 1.807) is 55.6 Å². The lowest BCUT2D eigenvalue weighted by molar-refractivity contribution is -0.114. The van der Waals surface area contributed by atoms with Crippen molar-refractivity contribution in [2.75, 3.05) is 44.0 Å². The van der Waals surface area contributed by atoms with Gasteiger partial charge in [-0.3, -0.25) is 14.4 Å². The summed E-state index contributed by atoms with van der Waals surface area (Å²) in [6, 6.07) is 13.6. The van der Waals surface area contributed by atoms with Gasteiger partial charge in [0.1, 0.15) is 0 Å². The van der Waals surface area contributed by atoms with E-state index < -0.39 is 0 Å². The second kappa shape index (κ2) is 13.0. The third-order valence-electron chi connectivity index (χ3n) is 4.44. The van der Waals surface area contributed by atoms with E-state index in [0.29, 0.717) is 36.5 Å². The topological polar surface area (TPSA) is 109 Å².